The van der Waals surface area contributed by atoms with Crippen LogP contribution in [-0.2, 0) is 0 Å². The van der Waals surface area contributed by atoms with E-state index in [-0.39, 0.29) is 0 Å². The first-order chi connectivity index (χ1) is 10.2. The predicted octanol–water partition coefficient (Wildman–Crippen LogP) is 6.31. The molecule has 1 aliphatic rings. The van der Waals surface area contributed by atoms with Crippen LogP contribution in [0.3, 0.4) is 0 Å². The van der Waals surface area contributed by atoms with Crippen LogP contribution in [0.4, 0.5) is 0 Å². The highest BCUT2D eigenvalue weighted by Gasteiger charge is 2.31. The summed E-state index contributed by atoms with van der Waals surface area (Å²) in [5, 5.41) is 1.06. The van der Waals surface area contributed by atoms with Gasteiger partial charge >= 0.3 is 0 Å². The molecule has 21 heavy (non-hydrogen) atoms. The zero-order valence-electron chi connectivity index (χ0n) is 13.5. The lowest BCUT2D eigenvalue weighted by Crippen LogP contribution is -2.30. The van der Waals surface area contributed by atoms with Crippen LogP contribution in [-0.4, -0.2) is 11.9 Å². The first kappa shape index (κ1) is 16.9. The summed E-state index contributed by atoms with van der Waals surface area (Å²) in [4.78, 5) is 0. The Kier molecular flexibility index (Phi) is 6.60. The maximum Gasteiger partial charge on any atom is 0.122 e. The largest absolute Gasteiger partial charge is 0.493 e. The molecule has 0 amide bonds. The molecular weight excluding hydrogens is 324 g/mol. The molecule has 0 N–H and O–H groups in total. The molecule has 0 radical (unpaired) electrons. The van der Waals surface area contributed by atoms with E-state index >= 15 is 0 Å². The molecule has 0 aliphatic heterocycles. The van der Waals surface area contributed by atoms with Crippen molar-refractivity contribution in [2.24, 2.45) is 5.41 Å². The van der Waals surface area contributed by atoms with E-state index in [1.54, 1.807) is 0 Å². The highest BCUT2D eigenvalue weighted by atomic mass is 79.9. The Labute approximate surface area is 138 Å². The third kappa shape index (κ3) is 4.48. The van der Waals surface area contributed by atoms with E-state index in [9.17, 15) is 0 Å². The molecule has 0 heterocycles. The number of alkyl halides is 1. The summed E-state index contributed by atoms with van der Waals surface area (Å²) in [6, 6.07) is 8.58. The van der Waals surface area contributed by atoms with Crippen molar-refractivity contribution in [3.63, 3.8) is 0 Å². The van der Waals surface area contributed by atoms with Gasteiger partial charge in [-0.15, -0.1) is 0 Å². The summed E-state index contributed by atoms with van der Waals surface area (Å²) >= 11 is 3.76. The first-order valence-electron chi connectivity index (χ1n) is 8.48. The second-order valence-corrected chi connectivity index (χ2v) is 7.24. The lowest BCUT2D eigenvalue weighted by molar-refractivity contribution is 0.148. The zero-order chi connectivity index (χ0) is 15.1. The van der Waals surface area contributed by atoms with Gasteiger partial charge in [-0.25, -0.2) is 0 Å². The van der Waals surface area contributed by atoms with Crippen LogP contribution in [0.1, 0.15) is 70.3 Å². The fourth-order valence-corrected chi connectivity index (χ4v) is 3.99. The van der Waals surface area contributed by atoms with Crippen LogP contribution >= 0.6 is 15.9 Å². The molecule has 1 aromatic carbocycles. The Morgan fingerprint density at radius 3 is 2.43 bits per heavy atom. The van der Waals surface area contributed by atoms with Gasteiger partial charge in [0.25, 0.3) is 0 Å². The summed E-state index contributed by atoms with van der Waals surface area (Å²) in [7, 11) is 0. The highest BCUT2D eigenvalue weighted by Crippen LogP contribution is 2.38. The van der Waals surface area contributed by atoms with E-state index in [2.05, 4.69) is 54.0 Å². The molecule has 1 aliphatic carbocycles. The molecular formula is C19H29BrO. The molecule has 0 bridgehead atoms. The summed E-state index contributed by atoms with van der Waals surface area (Å²) in [6.45, 7) is 5.38. The fraction of sp³-hybridized carbons (Fsp3) is 0.684. The molecule has 1 saturated carbocycles. The van der Waals surface area contributed by atoms with Crippen LogP contribution in [0, 0.1) is 5.41 Å². The highest BCUT2D eigenvalue weighted by molar-refractivity contribution is 9.09. The van der Waals surface area contributed by atoms with Gasteiger partial charge in [0.2, 0.25) is 0 Å². The Hall–Kier alpha value is -0.500. The quantitative estimate of drug-likeness (QED) is 0.430. The van der Waals surface area contributed by atoms with E-state index in [1.807, 2.05) is 0 Å². The SMILES string of the molecule is CCC(C)c1ccccc1OCC1(CBr)CCCCCC1. The van der Waals surface area contributed by atoms with Crippen molar-refractivity contribution in [3.05, 3.63) is 29.8 Å². The van der Waals surface area contributed by atoms with Crippen LogP contribution in [0.25, 0.3) is 0 Å². The zero-order valence-corrected chi connectivity index (χ0v) is 15.1. The monoisotopic (exact) mass is 352 g/mol. The van der Waals surface area contributed by atoms with E-state index < -0.39 is 0 Å². The molecule has 118 valence electrons. The minimum Gasteiger partial charge on any atom is -0.493 e. The Morgan fingerprint density at radius 1 is 1.14 bits per heavy atom. The van der Waals surface area contributed by atoms with E-state index in [0.29, 0.717) is 11.3 Å². The predicted molar refractivity (Wildman–Crippen MR) is 94.6 cm³/mol. The molecule has 2 heteroatoms. The Bertz CT molecular complexity index is 421. The summed E-state index contributed by atoms with van der Waals surface area (Å²) < 4.78 is 6.32. The topological polar surface area (TPSA) is 9.23 Å². The lowest BCUT2D eigenvalue weighted by atomic mass is 9.83. The van der Waals surface area contributed by atoms with Crippen molar-refractivity contribution in [2.45, 2.75) is 64.7 Å². The number of para-hydroxylation sites is 1. The third-order valence-electron chi connectivity index (χ3n) is 5.04. The number of rotatable bonds is 6. The molecule has 0 saturated heterocycles. The summed E-state index contributed by atoms with van der Waals surface area (Å²) in [5.41, 5.74) is 1.69. The van der Waals surface area contributed by atoms with Crippen LogP contribution in [0.5, 0.6) is 5.75 Å². The molecule has 0 aromatic heterocycles. The van der Waals surface area contributed by atoms with Gasteiger partial charge in [-0.3, -0.25) is 0 Å². The van der Waals surface area contributed by atoms with Crippen molar-refractivity contribution in [1.82, 2.24) is 0 Å². The minimum absolute atomic E-state index is 0.332. The van der Waals surface area contributed by atoms with Crippen molar-refractivity contribution >= 4 is 15.9 Å². The fourth-order valence-electron chi connectivity index (χ4n) is 3.26. The van der Waals surface area contributed by atoms with E-state index in [4.69, 9.17) is 4.74 Å². The van der Waals surface area contributed by atoms with Gasteiger partial charge in [0.1, 0.15) is 5.75 Å². The second kappa shape index (κ2) is 8.22. The van der Waals surface area contributed by atoms with Gasteiger partial charge < -0.3 is 4.74 Å². The molecule has 0 spiro atoms. The van der Waals surface area contributed by atoms with E-state index in [0.717, 1.165) is 24.1 Å². The number of halogens is 1. The van der Waals surface area contributed by atoms with Crippen LogP contribution in [0.15, 0.2) is 24.3 Å². The van der Waals surface area contributed by atoms with Crippen molar-refractivity contribution in [3.8, 4) is 5.75 Å². The maximum atomic E-state index is 6.32. The normalized spacial score (nSPS) is 19.8. The number of ether oxygens (including phenoxy) is 1. The number of benzene rings is 1. The summed E-state index contributed by atoms with van der Waals surface area (Å²) in [6.07, 6.45) is 9.22. The lowest BCUT2D eigenvalue weighted by Gasteiger charge is -2.31. The Balaban J connectivity index is 2.07. The maximum absolute atomic E-state index is 6.32. The standard InChI is InChI=1S/C19H29BrO/c1-3-16(2)17-10-6-7-11-18(17)21-15-19(14-20)12-8-4-5-9-13-19/h6-7,10-11,16H,3-5,8-9,12-15H2,1-2H3. The van der Waals surface area contributed by atoms with Crippen molar-refractivity contribution in [1.29, 1.82) is 0 Å². The molecule has 1 atom stereocenters. The number of hydrogen-bond donors (Lipinski definition) is 0. The smallest absolute Gasteiger partial charge is 0.122 e. The van der Waals surface area contributed by atoms with Gasteiger partial charge in [-0.05, 0) is 36.8 Å². The van der Waals surface area contributed by atoms with Crippen molar-refractivity contribution in [2.75, 3.05) is 11.9 Å². The van der Waals surface area contributed by atoms with Gasteiger partial charge in [0.15, 0.2) is 0 Å². The summed E-state index contributed by atoms with van der Waals surface area (Å²) in [5.74, 6) is 1.66. The van der Waals surface area contributed by atoms with Crippen molar-refractivity contribution < 1.29 is 4.74 Å². The van der Waals surface area contributed by atoms with Crippen LogP contribution < -0.4 is 4.74 Å². The van der Waals surface area contributed by atoms with Crippen LogP contribution in [0.2, 0.25) is 0 Å². The average molecular weight is 353 g/mol. The molecule has 1 nitrogen and oxygen atoms in total. The molecule has 1 fully saturated rings. The second-order valence-electron chi connectivity index (χ2n) is 6.68. The molecule has 1 aromatic rings. The van der Waals surface area contributed by atoms with Gasteiger partial charge in [-0.1, -0.05) is 73.7 Å². The van der Waals surface area contributed by atoms with Gasteiger partial charge in [0, 0.05) is 10.7 Å². The Morgan fingerprint density at radius 2 is 1.81 bits per heavy atom. The van der Waals surface area contributed by atoms with E-state index in [1.165, 1.54) is 44.1 Å². The number of hydrogen-bond acceptors (Lipinski definition) is 1. The van der Waals surface area contributed by atoms with Gasteiger partial charge in [-0.2, -0.15) is 0 Å². The third-order valence-corrected chi connectivity index (χ3v) is 6.23. The van der Waals surface area contributed by atoms with Gasteiger partial charge in [0.05, 0.1) is 6.61 Å². The first-order valence-corrected chi connectivity index (χ1v) is 9.60. The minimum atomic E-state index is 0.332. The molecule has 2 rings (SSSR count). The average Bonchev–Trinajstić information content (AvgIpc) is 2.78. The molecule has 1 unspecified atom stereocenters.